The molecule has 28 heavy (non-hydrogen) atoms. The molecule has 0 saturated carbocycles. The van der Waals surface area contributed by atoms with E-state index in [0.29, 0.717) is 34.2 Å². The number of hydrogen-bond donors (Lipinski definition) is 1. The van der Waals surface area contributed by atoms with Crippen LogP contribution in [0.5, 0.6) is 11.5 Å². The highest BCUT2D eigenvalue weighted by molar-refractivity contribution is 9.10. The molecule has 7 heteroatoms. The molecule has 2 atom stereocenters. The van der Waals surface area contributed by atoms with Crippen molar-refractivity contribution < 1.29 is 24.2 Å². The zero-order chi connectivity index (χ0) is 20.8. The quantitative estimate of drug-likeness (QED) is 0.700. The number of ketones is 1. The molecule has 1 heterocycles. The third-order valence-corrected chi connectivity index (χ3v) is 5.99. The lowest BCUT2D eigenvalue weighted by molar-refractivity contribution is -0.143. The van der Waals surface area contributed by atoms with Gasteiger partial charge in [-0.3, -0.25) is 14.6 Å². The van der Waals surface area contributed by atoms with Crippen LogP contribution in [-0.2, 0) is 14.3 Å². The number of methoxy groups -OCH3 is 2. The molecule has 0 saturated heterocycles. The van der Waals surface area contributed by atoms with Gasteiger partial charge in [0, 0.05) is 29.3 Å². The van der Waals surface area contributed by atoms with E-state index in [1.807, 2.05) is 13.8 Å². The van der Waals surface area contributed by atoms with Gasteiger partial charge in [0.05, 0.1) is 18.7 Å². The molecule has 0 aromatic heterocycles. The van der Waals surface area contributed by atoms with Crippen molar-refractivity contribution in [1.82, 2.24) is 0 Å². The van der Waals surface area contributed by atoms with Crippen LogP contribution in [0.4, 0.5) is 0 Å². The molecular formula is C21H24BrNO5. The van der Waals surface area contributed by atoms with Gasteiger partial charge in [0.1, 0.15) is 5.92 Å². The molecular weight excluding hydrogens is 426 g/mol. The van der Waals surface area contributed by atoms with Gasteiger partial charge >= 0.3 is 5.97 Å². The second-order valence-corrected chi connectivity index (χ2v) is 8.94. The summed E-state index contributed by atoms with van der Waals surface area (Å²) in [5.74, 6) is -1.49. The fourth-order valence-electron chi connectivity index (χ4n) is 4.17. The van der Waals surface area contributed by atoms with Crippen molar-refractivity contribution in [3.8, 4) is 11.5 Å². The summed E-state index contributed by atoms with van der Waals surface area (Å²) in [6, 6.07) is 3.38. The normalized spacial score (nSPS) is 23.8. The van der Waals surface area contributed by atoms with Gasteiger partial charge < -0.3 is 14.6 Å². The number of benzene rings is 1. The zero-order valence-electron chi connectivity index (χ0n) is 16.6. The van der Waals surface area contributed by atoms with E-state index < -0.39 is 17.8 Å². The Morgan fingerprint density at radius 3 is 2.57 bits per heavy atom. The van der Waals surface area contributed by atoms with Crippen molar-refractivity contribution >= 4 is 33.4 Å². The van der Waals surface area contributed by atoms with Crippen molar-refractivity contribution in [3.05, 3.63) is 33.4 Å². The number of phenols is 1. The number of rotatable bonds is 3. The van der Waals surface area contributed by atoms with Crippen LogP contribution >= 0.6 is 15.9 Å². The summed E-state index contributed by atoms with van der Waals surface area (Å²) in [5, 5.41) is 10.2. The molecule has 150 valence electrons. The second-order valence-electron chi connectivity index (χ2n) is 8.09. The summed E-state index contributed by atoms with van der Waals surface area (Å²) < 4.78 is 10.7. The van der Waals surface area contributed by atoms with Crippen LogP contribution in [0, 0.1) is 11.3 Å². The number of phenolic OH excluding ortho intramolecular Hbond substituents is 1. The average molecular weight is 450 g/mol. The first-order valence-corrected chi connectivity index (χ1v) is 9.84. The van der Waals surface area contributed by atoms with Crippen LogP contribution in [0.15, 0.2) is 32.9 Å². The van der Waals surface area contributed by atoms with Gasteiger partial charge in [0.25, 0.3) is 0 Å². The molecule has 1 aliphatic carbocycles. The third-order valence-electron chi connectivity index (χ3n) is 5.39. The van der Waals surface area contributed by atoms with E-state index in [1.54, 1.807) is 19.1 Å². The molecule has 1 aromatic carbocycles. The number of aromatic hydroxyl groups is 1. The molecule has 1 N–H and O–H groups in total. The standard InChI is InChI=1S/C21H24BrNO5/c1-10-16(20(26)28-5)17(11-6-12(22)19(25)15(7-11)27-4)18-13(23-10)8-21(2,3)9-14(18)24/h6-7,16-17,25H,8-9H2,1-5H3/t16?,17-/m1/s1. The highest BCUT2D eigenvalue weighted by atomic mass is 79.9. The molecule has 1 aliphatic heterocycles. The summed E-state index contributed by atoms with van der Waals surface area (Å²) in [7, 11) is 2.78. The number of Topliss-reactive ketones (excluding diaryl/α,β-unsaturated/α-hetero) is 1. The van der Waals surface area contributed by atoms with Crippen LogP contribution in [-0.4, -0.2) is 36.8 Å². The lowest BCUT2D eigenvalue weighted by Gasteiger charge is -2.39. The summed E-state index contributed by atoms with van der Waals surface area (Å²) in [5.41, 5.74) is 2.40. The minimum atomic E-state index is -0.713. The van der Waals surface area contributed by atoms with Crippen molar-refractivity contribution in [1.29, 1.82) is 0 Å². The van der Waals surface area contributed by atoms with Crippen molar-refractivity contribution in [2.24, 2.45) is 16.3 Å². The molecule has 0 bridgehead atoms. The van der Waals surface area contributed by atoms with E-state index in [4.69, 9.17) is 9.47 Å². The molecule has 0 fully saturated rings. The van der Waals surface area contributed by atoms with Crippen LogP contribution in [0.2, 0.25) is 0 Å². The van der Waals surface area contributed by atoms with Crippen molar-refractivity contribution in [3.63, 3.8) is 0 Å². The van der Waals surface area contributed by atoms with Crippen LogP contribution in [0.1, 0.15) is 45.1 Å². The number of carbonyl (C=O) groups is 2. The van der Waals surface area contributed by atoms with Gasteiger partial charge in [-0.2, -0.15) is 0 Å². The van der Waals surface area contributed by atoms with Gasteiger partial charge in [0.2, 0.25) is 0 Å². The number of hydrogen-bond acceptors (Lipinski definition) is 6. The Morgan fingerprint density at radius 1 is 1.29 bits per heavy atom. The molecule has 1 unspecified atom stereocenters. The lowest BCUT2D eigenvalue weighted by atomic mass is 9.67. The minimum Gasteiger partial charge on any atom is -0.503 e. The number of aliphatic imine (C=N–C) groups is 1. The molecule has 2 aliphatic rings. The molecule has 0 amide bonds. The monoisotopic (exact) mass is 449 g/mol. The maximum absolute atomic E-state index is 13.1. The SMILES string of the molecule is COC(=O)C1C(C)=NC2=C(C(=O)CC(C)(C)C2)[C@@H]1c1cc(Br)c(O)c(OC)c1. The van der Waals surface area contributed by atoms with Gasteiger partial charge in [-0.25, -0.2) is 0 Å². The number of allylic oxidation sites excluding steroid dienone is 2. The Kier molecular flexibility index (Phi) is 5.40. The zero-order valence-corrected chi connectivity index (χ0v) is 18.2. The fourth-order valence-corrected chi connectivity index (χ4v) is 4.63. The van der Waals surface area contributed by atoms with E-state index >= 15 is 0 Å². The van der Waals surface area contributed by atoms with E-state index in [0.717, 1.165) is 5.70 Å². The maximum atomic E-state index is 13.1. The minimum absolute atomic E-state index is 0.00966. The maximum Gasteiger partial charge on any atom is 0.315 e. The number of esters is 1. The van der Waals surface area contributed by atoms with Crippen LogP contribution < -0.4 is 4.74 Å². The number of halogens is 1. The van der Waals surface area contributed by atoms with Crippen LogP contribution in [0.3, 0.4) is 0 Å². The van der Waals surface area contributed by atoms with E-state index in [1.165, 1.54) is 14.2 Å². The predicted octanol–water partition coefficient (Wildman–Crippen LogP) is 4.15. The molecule has 0 spiro atoms. The highest BCUT2D eigenvalue weighted by Gasteiger charge is 2.46. The van der Waals surface area contributed by atoms with Gasteiger partial charge in [-0.05, 0) is 52.4 Å². The summed E-state index contributed by atoms with van der Waals surface area (Å²) in [6.07, 6.45) is 1.05. The summed E-state index contributed by atoms with van der Waals surface area (Å²) in [4.78, 5) is 30.4. The molecule has 1 aromatic rings. The Balaban J connectivity index is 2.26. The number of carbonyl (C=O) groups excluding carboxylic acids is 2. The first-order chi connectivity index (χ1) is 13.1. The topological polar surface area (TPSA) is 85.2 Å². The summed E-state index contributed by atoms with van der Waals surface area (Å²) >= 11 is 3.34. The first kappa shape index (κ1) is 20.6. The molecule has 6 nitrogen and oxygen atoms in total. The summed E-state index contributed by atoms with van der Waals surface area (Å²) in [6.45, 7) is 5.87. The Hall–Kier alpha value is -2.15. The highest BCUT2D eigenvalue weighted by Crippen LogP contribution is 2.49. The third kappa shape index (κ3) is 3.48. The first-order valence-electron chi connectivity index (χ1n) is 9.05. The number of nitrogens with zero attached hydrogens (tertiary/aromatic N) is 1. The smallest absolute Gasteiger partial charge is 0.315 e. The van der Waals surface area contributed by atoms with Gasteiger partial charge in [-0.1, -0.05) is 13.8 Å². The Morgan fingerprint density at radius 2 is 1.96 bits per heavy atom. The van der Waals surface area contributed by atoms with Crippen molar-refractivity contribution in [2.75, 3.05) is 14.2 Å². The van der Waals surface area contributed by atoms with E-state index in [9.17, 15) is 14.7 Å². The second kappa shape index (κ2) is 7.35. The Bertz CT molecular complexity index is 916. The van der Waals surface area contributed by atoms with Crippen molar-refractivity contribution in [2.45, 2.75) is 39.5 Å². The van der Waals surface area contributed by atoms with Crippen LogP contribution in [0.25, 0.3) is 0 Å². The van der Waals surface area contributed by atoms with E-state index in [-0.39, 0.29) is 22.7 Å². The average Bonchev–Trinajstić information content (AvgIpc) is 2.61. The largest absolute Gasteiger partial charge is 0.503 e. The van der Waals surface area contributed by atoms with E-state index in [2.05, 4.69) is 20.9 Å². The number of ether oxygens (including phenoxy) is 2. The fraction of sp³-hybridized carbons (Fsp3) is 0.476. The van der Waals surface area contributed by atoms with Gasteiger partial charge in [-0.15, -0.1) is 0 Å². The lowest BCUT2D eigenvalue weighted by Crippen LogP contribution is -2.39. The Labute approximate surface area is 172 Å². The molecule has 0 radical (unpaired) electrons. The molecule has 3 rings (SSSR count). The predicted molar refractivity (Wildman–Crippen MR) is 109 cm³/mol. The van der Waals surface area contributed by atoms with Gasteiger partial charge in [0.15, 0.2) is 17.3 Å².